The first-order valence-electron chi connectivity index (χ1n) is 8.56. The Balaban J connectivity index is 1.72. The summed E-state index contributed by atoms with van der Waals surface area (Å²) in [4.78, 5) is 28.3. The topological polar surface area (TPSA) is 47.0 Å². The molecule has 0 bridgehead atoms. The molecular weight excluding hydrogens is 342 g/mol. The van der Waals surface area contributed by atoms with Crippen molar-refractivity contribution in [2.24, 2.45) is 0 Å². The van der Waals surface area contributed by atoms with E-state index < -0.39 is 0 Å². The predicted molar refractivity (Wildman–Crippen MR) is 106 cm³/mol. The van der Waals surface area contributed by atoms with Crippen LogP contribution in [-0.4, -0.2) is 16.6 Å². The number of nitrogens with zero attached hydrogens (tertiary/aromatic N) is 1. The second kappa shape index (κ2) is 7.75. The molecule has 4 heteroatoms. The fraction of sp³-hybridized carbons (Fsp3) is 0.227. The number of aryl methyl sites for hydroxylation is 2. The SMILES string of the molecule is CC(=O)Cc1ccc(C(=O)Cc2nc(-c3ccc(C)cc3C)cs2)cc1. The van der Waals surface area contributed by atoms with Crippen LogP contribution in [0.5, 0.6) is 0 Å². The maximum Gasteiger partial charge on any atom is 0.169 e. The summed E-state index contributed by atoms with van der Waals surface area (Å²) in [5.74, 6) is 0.159. The fourth-order valence-electron chi connectivity index (χ4n) is 2.95. The van der Waals surface area contributed by atoms with Crippen LogP contribution in [0.4, 0.5) is 0 Å². The third-order valence-electron chi connectivity index (χ3n) is 4.25. The lowest BCUT2D eigenvalue weighted by atomic mass is 10.0. The van der Waals surface area contributed by atoms with Gasteiger partial charge in [0, 0.05) is 22.9 Å². The van der Waals surface area contributed by atoms with E-state index in [9.17, 15) is 9.59 Å². The van der Waals surface area contributed by atoms with E-state index in [0.29, 0.717) is 18.4 Å². The fourth-order valence-corrected chi connectivity index (χ4v) is 3.74. The molecular formula is C22H21NO2S. The van der Waals surface area contributed by atoms with E-state index in [2.05, 4.69) is 37.0 Å². The van der Waals surface area contributed by atoms with Crippen molar-refractivity contribution in [2.75, 3.05) is 0 Å². The zero-order valence-corrected chi connectivity index (χ0v) is 16.0. The number of carbonyl (C=O) groups is 2. The molecule has 0 radical (unpaired) electrons. The summed E-state index contributed by atoms with van der Waals surface area (Å²) in [7, 11) is 0. The zero-order valence-electron chi connectivity index (χ0n) is 15.2. The lowest BCUT2D eigenvalue weighted by Crippen LogP contribution is -2.04. The molecule has 0 spiro atoms. The second-order valence-electron chi connectivity index (χ2n) is 6.62. The van der Waals surface area contributed by atoms with Gasteiger partial charge in [-0.2, -0.15) is 0 Å². The average molecular weight is 363 g/mol. The van der Waals surface area contributed by atoms with Crippen LogP contribution in [0.3, 0.4) is 0 Å². The molecule has 0 saturated carbocycles. The Morgan fingerprint density at radius 1 is 1.00 bits per heavy atom. The molecule has 3 aromatic rings. The van der Waals surface area contributed by atoms with Crippen LogP contribution >= 0.6 is 11.3 Å². The lowest BCUT2D eigenvalue weighted by Gasteiger charge is -2.04. The summed E-state index contributed by atoms with van der Waals surface area (Å²) in [5, 5.41) is 2.83. The van der Waals surface area contributed by atoms with Crippen molar-refractivity contribution in [3.63, 3.8) is 0 Å². The van der Waals surface area contributed by atoms with Crippen molar-refractivity contribution >= 4 is 22.9 Å². The van der Waals surface area contributed by atoms with E-state index in [-0.39, 0.29) is 11.6 Å². The van der Waals surface area contributed by atoms with Crippen LogP contribution in [-0.2, 0) is 17.6 Å². The summed E-state index contributed by atoms with van der Waals surface area (Å²) in [6.07, 6.45) is 0.696. The molecule has 1 aromatic heterocycles. The minimum Gasteiger partial charge on any atom is -0.300 e. The molecule has 0 unspecified atom stereocenters. The lowest BCUT2D eigenvalue weighted by molar-refractivity contribution is -0.116. The van der Waals surface area contributed by atoms with E-state index in [4.69, 9.17) is 0 Å². The summed E-state index contributed by atoms with van der Waals surface area (Å²) in [6.45, 7) is 5.72. The Bertz CT molecular complexity index is 955. The van der Waals surface area contributed by atoms with Crippen molar-refractivity contribution in [1.29, 1.82) is 0 Å². The normalized spacial score (nSPS) is 10.7. The molecule has 3 nitrogen and oxygen atoms in total. The second-order valence-corrected chi connectivity index (χ2v) is 7.56. The van der Waals surface area contributed by atoms with Crippen LogP contribution in [0, 0.1) is 13.8 Å². The maximum absolute atomic E-state index is 12.5. The van der Waals surface area contributed by atoms with Gasteiger partial charge in [0.15, 0.2) is 5.78 Å². The number of hydrogen-bond acceptors (Lipinski definition) is 4. The van der Waals surface area contributed by atoms with Gasteiger partial charge in [-0.15, -0.1) is 11.3 Å². The minimum atomic E-state index is 0.0425. The Kier molecular flexibility index (Phi) is 5.43. The van der Waals surface area contributed by atoms with E-state index in [1.165, 1.54) is 22.5 Å². The Labute approximate surface area is 157 Å². The van der Waals surface area contributed by atoms with Crippen LogP contribution in [0.2, 0.25) is 0 Å². The number of rotatable bonds is 6. The monoisotopic (exact) mass is 363 g/mol. The molecule has 0 saturated heterocycles. The van der Waals surface area contributed by atoms with Crippen LogP contribution in [0.1, 0.15) is 39.0 Å². The predicted octanol–water partition coefficient (Wildman–Crippen LogP) is 4.98. The number of benzene rings is 2. The van der Waals surface area contributed by atoms with Crippen molar-refractivity contribution in [1.82, 2.24) is 4.98 Å². The molecule has 0 amide bonds. The van der Waals surface area contributed by atoms with Gasteiger partial charge in [-0.3, -0.25) is 9.59 Å². The van der Waals surface area contributed by atoms with Gasteiger partial charge in [-0.1, -0.05) is 48.0 Å². The molecule has 0 N–H and O–H groups in total. The van der Waals surface area contributed by atoms with E-state index in [0.717, 1.165) is 21.8 Å². The highest BCUT2D eigenvalue weighted by atomic mass is 32.1. The average Bonchev–Trinajstić information content (AvgIpc) is 3.03. The first-order valence-corrected chi connectivity index (χ1v) is 9.44. The quantitative estimate of drug-likeness (QED) is 0.580. The molecule has 0 aliphatic carbocycles. The van der Waals surface area contributed by atoms with Crippen molar-refractivity contribution in [3.8, 4) is 11.3 Å². The molecule has 132 valence electrons. The van der Waals surface area contributed by atoms with E-state index in [1.54, 1.807) is 19.1 Å². The first kappa shape index (κ1) is 18.2. The van der Waals surface area contributed by atoms with E-state index >= 15 is 0 Å². The van der Waals surface area contributed by atoms with Gasteiger partial charge in [0.2, 0.25) is 0 Å². The summed E-state index contributed by atoms with van der Waals surface area (Å²) in [5.41, 5.74) is 6.03. The highest BCUT2D eigenvalue weighted by Crippen LogP contribution is 2.26. The first-order chi connectivity index (χ1) is 12.4. The number of thiazole rings is 1. The Morgan fingerprint density at radius 3 is 2.38 bits per heavy atom. The third kappa shape index (κ3) is 4.33. The maximum atomic E-state index is 12.5. The van der Waals surface area contributed by atoms with Gasteiger partial charge in [0.05, 0.1) is 12.1 Å². The van der Waals surface area contributed by atoms with Gasteiger partial charge in [-0.05, 0) is 31.9 Å². The van der Waals surface area contributed by atoms with Gasteiger partial charge in [0.1, 0.15) is 10.8 Å². The smallest absolute Gasteiger partial charge is 0.169 e. The molecule has 26 heavy (non-hydrogen) atoms. The Hall–Kier alpha value is -2.59. The highest BCUT2D eigenvalue weighted by molar-refractivity contribution is 7.10. The van der Waals surface area contributed by atoms with Crippen LogP contribution in [0.15, 0.2) is 47.8 Å². The molecule has 2 aromatic carbocycles. The van der Waals surface area contributed by atoms with Crippen molar-refractivity contribution < 1.29 is 9.59 Å². The standard InChI is InChI=1S/C22H21NO2S/c1-14-4-9-19(15(2)10-14)20-13-26-22(23-20)12-21(25)18-7-5-17(6-8-18)11-16(3)24/h4-10,13H,11-12H2,1-3H3. The number of carbonyl (C=O) groups excluding carboxylic acids is 2. The van der Waals surface area contributed by atoms with Crippen LogP contribution in [0.25, 0.3) is 11.3 Å². The summed E-state index contributed by atoms with van der Waals surface area (Å²) in [6, 6.07) is 13.6. The molecule has 3 rings (SSSR count). The van der Waals surface area contributed by atoms with Gasteiger partial charge in [-0.25, -0.2) is 4.98 Å². The largest absolute Gasteiger partial charge is 0.300 e. The number of ketones is 2. The zero-order chi connectivity index (χ0) is 18.7. The molecule has 0 aliphatic rings. The van der Waals surface area contributed by atoms with E-state index in [1.807, 2.05) is 17.5 Å². The molecule has 0 atom stereocenters. The summed E-state index contributed by atoms with van der Waals surface area (Å²) >= 11 is 1.52. The Morgan fingerprint density at radius 2 is 1.73 bits per heavy atom. The third-order valence-corrected chi connectivity index (χ3v) is 5.10. The summed E-state index contributed by atoms with van der Waals surface area (Å²) < 4.78 is 0. The minimum absolute atomic E-state index is 0.0425. The van der Waals surface area contributed by atoms with Crippen molar-refractivity contribution in [3.05, 3.63) is 75.1 Å². The highest BCUT2D eigenvalue weighted by Gasteiger charge is 2.12. The van der Waals surface area contributed by atoms with Gasteiger partial charge < -0.3 is 0 Å². The molecule has 0 aliphatic heterocycles. The van der Waals surface area contributed by atoms with Gasteiger partial charge >= 0.3 is 0 Å². The number of aromatic nitrogens is 1. The van der Waals surface area contributed by atoms with Crippen LogP contribution < -0.4 is 0 Å². The number of hydrogen-bond donors (Lipinski definition) is 0. The van der Waals surface area contributed by atoms with Crippen molar-refractivity contribution in [2.45, 2.75) is 33.6 Å². The number of Topliss-reactive ketones (excluding diaryl/α,β-unsaturated/α-hetero) is 2. The van der Waals surface area contributed by atoms with Gasteiger partial charge in [0.25, 0.3) is 0 Å². The molecule has 1 heterocycles. The molecule has 0 fully saturated rings.